The van der Waals surface area contributed by atoms with Crippen LogP contribution in [0.2, 0.25) is 5.02 Å². The standard InChI is InChI=1S/C18H12ClFN2O4/c19-11-3-6-15-13(8-11)14(23)9-16(26-15)18(25)22-21-17(24)7-10-1-4-12(20)5-2-10/h1-6,8-9H,7H2,(H,21,24)(H,22,25). The minimum Gasteiger partial charge on any atom is -0.451 e. The van der Waals surface area contributed by atoms with Gasteiger partial charge >= 0.3 is 5.91 Å². The smallest absolute Gasteiger partial charge is 0.305 e. The molecule has 1 aromatic heterocycles. The van der Waals surface area contributed by atoms with Crippen LogP contribution < -0.4 is 16.3 Å². The summed E-state index contributed by atoms with van der Waals surface area (Å²) in [5.41, 5.74) is 4.71. The molecule has 3 aromatic rings. The summed E-state index contributed by atoms with van der Waals surface area (Å²) in [7, 11) is 0. The zero-order valence-corrected chi connectivity index (χ0v) is 14.0. The van der Waals surface area contributed by atoms with Crippen molar-refractivity contribution in [1.82, 2.24) is 10.9 Å². The van der Waals surface area contributed by atoms with E-state index in [1.807, 2.05) is 0 Å². The van der Waals surface area contributed by atoms with E-state index in [1.54, 1.807) is 0 Å². The molecular weight excluding hydrogens is 363 g/mol. The zero-order valence-electron chi connectivity index (χ0n) is 13.2. The summed E-state index contributed by atoms with van der Waals surface area (Å²) < 4.78 is 18.2. The predicted molar refractivity (Wildman–Crippen MR) is 93.2 cm³/mol. The zero-order chi connectivity index (χ0) is 18.7. The molecular formula is C18H12ClFN2O4. The Bertz CT molecular complexity index is 1050. The number of fused-ring (bicyclic) bond motifs is 1. The quantitative estimate of drug-likeness (QED) is 0.690. The first-order chi connectivity index (χ1) is 12.4. The first kappa shape index (κ1) is 17.6. The van der Waals surface area contributed by atoms with E-state index in [9.17, 15) is 18.8 Å². The fourth-order valence-corrected chi connectivity index (χ4v) is 2.43. The molecule has 2 N–H and O–H groups in total. The van der Waals surface area contributed by atoms with Gasteiger partial charge in [-0.15, -0.1) is 0 Å². The molecule has 0 fully saturated rings. The van der Waals surface area contributed by atoms with Crippen molar-refractivity contribution >= 4 is 34.4 Å². The third-order valence-electron chi connectivity index (χ3n) is 3.51. The molecule has 0 radical (unpaired) electrons. The normalized spacial score (nSPS) is 10.5. The van der Waals surface area contributed by atoms with Crippen LogP contribution in [0.4, 0.5) is 4.39 Å². The molecule has 6 nitrogen and oxygen atoms in total. The SMILES string of the molecule is O=C(Cc1ccc(F)cc1)NNC(=O)c1cc(=O)c2cc(Cl)ccc2o1. The fourth-order valence-electron chi connectivity index (χ4n) is 2.26. The maximum absolute atomic E-state index is 12.8. The molecule has 1 heterocycles. The highest BCUT2D eigenvalue weighted by atomic mass is 35.5. The average molecular weight is 375 g/mol. The highest BCUT2D eigenvalue weighted by Gasteiger charge is 2.13. The van der Waals surface area contributed by atoms with E-state index >= 15 is 0 Å². The number of hydrogen-bond donors (Lipinski definition) is 2. The van der Waals surface area contributed by atoms with Crippen LogP contribution in [0.15, 0.2) is 57.7 Å². The first-order valence-corrected chi connectivity index (χ1v) is 7.87. The summed E-state index contributed by atoms with van der Waals surface area (Å²) >= 11 is 5.82. The third-order valence-corrected chi connectivity index (χ3v) is 3.74. The van der Waals surface area contributed by atoms with Crippen molar-refractivity contribution in [1.29, 1.82) is 0 Å². The Labute approximate surface area is 151 Å². The Kier molecular flexibility index (Phi) is 4.99. The summed E-state index contributed by atoms with van der Waals surface area (Å²) in [6.45, 7) is 0. The molecule has 0 unspecified atom stereocenters. The van der Waals surface area contributed by atoms with Gasteiger partial charge in [-0.1, -0.05) is 23.7 Å². The lowest BCUT2D eigenvalue weighted by atomic mass is 10.1. The predicted octanol–water partition coefficient (Wildman–Crippen LogP) is 2.59. The molecule has 0 aliphatic carbocycles. The fraction of sp³-hybridized carbons (Fsp3) is 0.0556. The molecule has 0 saturated heterocycles. The van der Waals surface area contributed by atoms with Gasteiger partial charge in [-0.2, -0.15) is 0 Å². The minimum atomic E-state index is -0.786. The number of halogens is 2. The number of nitrogens with one attached hydrogen (secondary N) is 2. The maximum atomic E-state index is 12.8. The van der Waals surface area contributed by atoms with Gasteiger partial charge in [-0.3, -0.25) is 25.2 Å². The number of hydrogen-bond acceptors (Lipinski definition) is 4. The lowest BCUT2D eigenvalue weighted by Crippen LogP contribution is -2.42. The van der Waals surface area contributed by atoms with Crippen molar-refractivity contribution in [2.24, 2.45) is 0 Å². The number of hydrazine groups is 1. The van der Waals surface area contributed by atoms with Crippen LogP contribution in [-0.2, 0) is 11.2 Å². The van der Waals surface area contributed by atoms with Crippen LogP contribution >= 0.6 is 11.6 Å². The Hall–Kier alpha value is -3.19. The second-order valence-electron chi connectivity index (χ2n) is 5.42. The Balaban J connectivity index is 1.67. The van der Waals surface area contributed by atoms with Gasteiger partial charge in [0.05, 0.1) is 11.8 Å². The molecule has 0 spiro atoms. The Morgan fingerprint density at radius 3 is 2.50 bits per heavy atom. The van der Waals surface area contributed by atoms with Gasteiger partial charge in [0.1, 0.15) is 11.4 Å². The number of benzene rings is 2. The maximum Gasteiger partial charge on any atom is 0.305 e. The third kappa shape index (κ3) is 4.07. The molecule has 0 aliphatic heterocycles. The van der Waals surface area contributed by atoms with Crippen LogP contribution in [0.25, 0.3) is 11.0 Å². The highest BCUT2D eigenvalue weighted by Crippen LogP contribution is 2.17. The summed E-state index contributed by atoms with van der Waals surface area (Å²) in [5.74, 6) is -1.96. The monoisotopic (exact) mass is 374 g/mol. The van der Waals surface area contributed by atoms with Crippen molar-refractivity contribution in [2.75, 3.05) is 0 Å². The second-order valence-corrected chi connectivity index (χ2v) is 5.86. The Morgan fingerprint density at radius 1 is 1.04 bits per heavy atom. The molecule has 3 rings (SSSR count). The first-order valence-electron chi connectivity index (χ1n) is 7.49. The molecule has 0 atom stereocenters. The molecule has 0 saturated carbocycles. The molecule has 2 amide bonds. The van der Waals surface area contributed by atoms with E-state index in [0.717, 1.165) is 6.07 Å². The lowest BCUT2D eigenvalue weighted by molar-refractivity contribution is -0.121. The topological polar surface area (TPSA) is 88.4 Å². The van der Waals surface area contributed by atoms with Gasteiger partial charge in [-0.25, -0.2) is 4.39 Å². The van der Waals surface area contributed by atoms with Gasteiger partial charge in [0.25, 0.3) is 0 Å². The van der Waals surface area contributed by atoms with Crippen LogP contribution in [-0.4, -0.2) is 11.8 Å². The van der Waals surface area contributed by atoms with E-state index in [0.29, 0.717) is 10.6 Å². The number of carbonyl (C=O) groups excluding carboxylic acids is 2. The minimum absolute atomic E-state index is 0.0548. The van der Waals surface area contributed by atoms with Gasteiger partial charge < -0.3 is 4.42 Å². The van der Waals surface area contributed by atoms with Crippen LogP contribution in [0, 0.1) is 5.82 Å². The highest BCUT2D eigenvalue weighted by molar-refractivity contribution is 6.31. The largest absolute Gasteiger partial charge is 0.451 e. The van der Waals surface area contributed by atoms with Crippen LogP contribution in [0.1, 0.15) is 16.1 Å². The molecule has 2 aromatic carbocycles. The summed E-state index contributed by atoms with van der Waals surface area (Å²) in [6, 6.07) is 10.8. The number of amides is 2. The van der Waals surface area contributed by atoms with E-state index < -0.39 is 23.1 Å². The second kappa shape index (κ2) is 7.37. The van der Waals surface area contributed by atoms with Crippen molar-refractivity contribution < 1.29 is 18.4 Å². The van der Waals surface area contributed by atoms with Crippen LogP contribution in [0.5, 0.6) is 0 Å². The van der Waals surface area contributed by atoms with Crippen molar-refractivity contribution in [3.8, 4) is 0 Å². The summed E-state index contributed by atoms with van der Waals surface area (Å²) in [5, 5.41) is 0.615. The molecule has 0 bridgehead atoms. The van der Waals surface area contributed by atoms with E-state index in [4.69, 9.17) is 16.0 Å². The van der Waals surface area contributed by atoms with Gasteiger partial charge in [0.2, 0.25) is 5.91 Å². The molecule has 26 heavy (non-hydrogen) atoms. The molecule has 0 aliphatic rings. The van der Waals surface area contributed by atoms with E-state index in [1.165, 1.54) is 42.5 Å². The van der Waals surface area contributed by atoms with E-state index in [-0.39, 0.29) is 23.2 Å². The number of rotatable bonds is 3. The number of carbonyl (C=O) groups is 2. The van der Waals surface area contributed by atoms with Crippen LogP contribution in [0.3, 0.4) is 0 Å². The summed E-state index contributed by atoms with van der Waals surface area (Å²) in [4.78, 5) is 35.9. The van der Waals surface area contributed by atoms with Gasteiger partial charge in [0, 0.05) is 11.1 Å². The Morgan fingerprint density at radius 2 is 1.77 bits per heavy atom. The summed E-state index contributed by atoms with van der Waals surface area (Å²) in [6.07, 6.45) is -0.0548. The van der Waals surface area contributed by atoms with Crippen molar-refractivity contribution in [3.63, 3.8) is 0 Å². The van der Waals surface area contributed by atoms with E-state index in [2.05, 4.69) is 10.9 Å². The molecule has 132 valence electrons. The lowest BCUT2D eigenvalue weighted by Gasteiger charge is -2.07. The van der Waals surface area contributed by atoms with Crippen molar-refractivity contribution in [2.45, 2.75) is 6.42 Å². The molecule has 8 heteroatoms. The van der Waals surface area contributed by atoms with Gasteiger partial charge in [-0.05, 0) is 35.9 Å². The average Bonchev–Trinajstić information content (AvgIpc) is 2.62. The van der Waals surface area contributed by atoms with Gasteiger partial charge in [0.15, 0.2) is 11.2 Å². The van der Waals surface area contributed by atoms with Crippen molar-refractivity contribution in [3.05, 3.63) is 80.9 Å².